The summed E-state index contributed by atoms with van der Waals surface area (Å²) in [6.45, 7) is 0.362. The Labute approximate surface area is 118 Å². The predicted molar refractivity (Wildman–Crippen MR) is 67.1 cm³/mol. The highest BCUT2D eigenvalue weighted by Gasteiger charge is 2.33. The number of carbonyl (C=O) groups excluding carboxylic acids is 1. The van der Waals surface area contributed by atoms with E-state index in [1.54, 1.807) is 0 Å². The standard InChI is InChI=1S/C13H12F3N3O2/c14-13(15,16)8-1-2-11(18)10(5-8)12(20)19-3-4-21-9(6-17)7-19/h1-2,5,9H,3-4,7,18H2. The van der Waals surface area contributed by atoms with E-state index in [-0.39, 0.29) is 30.9 Å². The van der Waals surface area contributed by atoms with Gasteiger partial charge in [-0.15, -0.1) is 0 Å². The second-order valence-corrected chi connectivity index (χ2v) is 4.54. The van der Waals surface area contributed by atoms with Gasteiger partial charge in [-0.05, 0) is 18.2 Å². The van der Waals surface area contributed by atoms with Crippen molar-refractivity contribution in [2.45, 2.75) is 12.3 Å². The number of halogens is 3. The molecule has 1 saturated heterocycles. The lowest BCUT2D eigenvalue weighted by Gasteiger charge is -2.30. The van der Waals surface area contributed by atoms with Crippen molar-refractivity contribution in [1.82, 2.24) is 4.90 Å². The van der Waals surface area contributed by atoms with E-state index in [4.69, 9.17) is 15.7 Å². The van der Waals surface area contributed by atoms with Crippen LogP contribution in [0.1, 0.15) is 15.9 Å². The largest absolute Gasteiger partial charge is 0.416 e. The Bertz CT molecular complexity index is 595. The molecular formula is C13H12F3N3O2. The van der Waals surface area contributed by atoms with Crippen molar-refractivity contribution in [1.29, 1.82) is 5.26 Å². The van der Waals surface area contributed by atoms with Crippen molar-refractivity contribution in [3.8, 4) is 6.07 Å². The van der Waals surface area contributed by atoms with E-state index in [0.717, 1.165) is 18.2 Å². The molecule has 21 heavy (non-hydrogen) atoms. The highest BCUT2D eigenvalue weighted by atomic mass is 19.4. The summed E-state index contributed by atoms with van der Waals surface area (Å²) in [6, 6.07) is 4.47. The Morgan fingerprint density at radius 3 is 2.81 bits per heavy atom. The molecule has 1 aromatic rings. The Morgan fingerprint density at radius 1 is 1.48 bits per heavy atom. The molecule has 1 unspecified atom stereocenters. The molecule has 0 saturated carbocycles. The number of amides is 1. The molecule has 2 rings (SSSR count). The van der Waals surface area contributed by atoms with Gasteiger partial charge in [0, 0.05) is 12.2 Å². The van der Waals surface area contributed by atoms with Gasteiger partial charge in [0.1, 0.15) is 0 Å². The zero-order valence-electron chi connectivity index (χ0n) is 10.9. The molecule has 0 bridgehead atoms. The molecule has 2 N–H and O–H groups in total. The van der Waals surface area contributed by atoms with Gasteiger partial charge >= 0.3 is 6.18 Å². The van der Waals surface area contributed by atoms with Crippen LogP contribution in [0.2, 0.25) is 0 Å². The number of anilines is 1. The number of carbonyl (C=O) groups is 1. The molecule has 112 valence electrons. The van der Waals surface area contributed by atoms with E-state index in [1.807, 2.05) is 6.07 Å². The highest BCUT2D eigenvalue weighted by molar-refractivity contribution is 5.99. The summed E-state index contributed by atoms with van der Waals surface area (Å²) < 4.78 is 43.2. The van der Waals surface area contributed by atoms with Crippen molar-refractivity contribution < 1.29 is 22.7 Å². The van der Waals surface area contributed by atoms with Crippen LogP contribution in [0.25, 0.3) is 0 Å². The molecule has 1 aliphatic heterocycles. The number of rotatable bonds is 1. The average molecular weight is 299 g/mol. The number of nitriles is 1. The quantitative estimate of drug-likeness (QED) is 0.800. The number of benzene rings is 1. The van der Waals surface area contributed by atoms with Gasteiger partial charge < -0.3 is 15.4 Å². The van der Waals surface area contributed by atoms with Gasteiger partial charge in [-0.25, -0.2) is 0 Å². The number of nitrogens with zero attached hydrogens (tertiary/aromatic N) is 2. The monoisotopic (exact) mass is 299 g/mol. The van der Waals surface area contributed by atoms with E-state index in [9.17, 15) is 18.0 Å². The number of alkyl halides is 3. The molecule has 0 aliphatic carbocycles. The van der Waals surface area contributed by atoms with Crippen molar-refractivity contribution in [2.75, 3.05) is 25.4 Å². The van der Waals surface area contributed by atoms with E-state index >= 15 is 0 Å². The van der Waals surface area contributed by atoms with Gasteiger partial charge in [-0.2, -0.15) is 18.4 Å². The SMILES string of the molecule is N#CC1CN(C(=O)c2cc(C(F)(F)F)ccc2N)CCO1. The summed E-state index contributed by atoms with van der Waals surface area (Å²) >= 11 is 0. The first-order valence-electron chi connectivity index (χ1n) is 6.10. The fraction of sp³-hybridized carbons (Fsp3) is 0.385. The second kappa shape index (κ2) is 5.61. The van der Waals surface area contributed by atoms with Crippen LogP contribution in [-0.4, -0.2) is 36.6 Å². The maximum Gasteiger partial charge on any atom is 0.416 e. The van der Waals surface area contributed by atoms with Gasteiger partial charge in [-0.1, -0.05) is 0 Å². The third-order valence-corrected chi connectivity index (χ3v) is 3.11. The van der Waals surface area contributed by atoms with Crippen LogP contribution in [-0.2, 0) is 10.9 Å². The van der Waals surface area contributed by atoms with Crippen LogP contribution < -0.4 is 5.73 Å². The van der Waals surface area contributed by atoms with Crippen molar-refractivity contribution >= 4 is 11.6 Å². The summed E-state index contributed by atoms with van der Waals surface area (Å²) in [5, 5.41) is 8.78. The van der Waals surface area contributed by atoms with Gasteiger partial charge in [0.25, 0.3) is 5.91 Å². The number of morpholine rings is 1. The Hall–Kier alpha value is -2.27. The second-order valence-electron chi connectivity index (χ2n) is 4.54. The Balaban J connectivity index is 2.29. The normalized spacial score (nSPS) is 19.1. The topological polar surface area (TPSA) is 79.4 Å². The van der Waals surface area contributed by atoms with Gasteiger partial charge in [0.05, 0.1) is 30.3 Å². The lowest BCUT2D eigenvalue weighted by atomic mass is 10.1. The number of nitrogens with two attached hydrogens (primary N) is 1. The minimum Gasteiger partial charge on any atom is -0.398 e. The van der Waals surface area contributed by atoms with Crippen molar-refractivity contribution in [3.63, 3.8) is 0 Å². The molecular weight excluding hydrogens is 287 g/mol. The minimum absolute atomic E-state index is 0.00498. The lowest BCUT2D eigenvalue weighted by Crippen LogP contribution is -2.45. The predicted octanol–water partition coefficient (Wildman–Crippen LogP) is 1.65. The summed E-state index contributed by atoms with van der Waals surface area (Å²) in [6.07, 6.45) is -5.34. The first-order chi connectivity index (χ1) is 9.82. The number of hydrogen-bond donors (Lipinski definition) is 1. The smallest absolute Gasteiger partial charge is 0.398 e. The van der Waals surface area contributed by atoms with Gasteiger partial charge in [0.2, 0.25) is 0 Å². The van der Waals surface area contributed by atoms with Gasteiger partial charge in [0.15, 0.2) is 6.10 Å². The first-order valence-corrected chi connectivity index (χ1v) is 6.10. The fourth-order valence-corrected chi connectivity index (χ4v) is 2.00. The van der Waals surface area contributed by atoms with Crippen LogP contribution >= 0.6 is 0 Å². The summed E-state index contributed by atoms with van der Waals surface area (Å²) in [7, 11) is 0. The molecule has 5 nitrogen and oxygen atoms in total. The summed E-state index contributed by atoms with van der Waals surface area (Å²) in [4.78, 5) is 13.5. The van der Waals surface area contributed by atoms with E-state index in [1.165, 1.54) is 4.90 Å². The molecule has 1 atom stereocenters. The number of nitrogen functional groups attached to an aromatic ring is 1. The lowest BCUT2D eigenvalue weighted by molar-refractivity contribution is -0.137. The summed E-state index contributed by atoms with van der Waals surface area (Å²) in [5.41, 5.74) is 4.40. The molecule has 0 aromatic heterocycles. The maximum atomic E-state index is 12.7. The van der Waals surface area contributed by atoms with Crippen LogP contribution in [0.4, 0.5) is 18.9 Å². The molecule has 1 aromatic carbocycles. The van der Waals surface area contributed by atoms with Crippen LogP contribution in [0.3, 0.4) is 0 Å². The third-order valence-electron chi connectivity index (χ3n) is 3.11. The van der Waals surface area contributed by atoms with Crippen molar-refractivity contribution in [3.05, 3.63) is 29.3 Å². The Kier molecular flexibility index (Phi) is 4.04. The average Bonchev–Trinajstić information content (AvgIpc) is 2.46. The van der Waals surface area contributed by atoms with Crippen molar-refractivity contribution in [2.24, 2.45) is 0 Å². The zero-order chi connectivity index (χ0) is 15.6. The van der Waals surface area contributed by atoms with Crippen LogP contribution in [0.5, 0.6) is 0 Å². The van der Waals surface area contributed by atoms with E-state index in [0.29, 0.717) is 0 Å². The number of hydrogen-bond acceptors (Lipinski definition) is 4. The van der Waals surface area contributed by atoms with Gasteiger partial charge in [-0.3, -0.25) is 4.79 Å². The highest BCUT2D eigenvalue weighted by Crippen LogP contribution is 2.31. The molecule has 1 fully saturated rings. The maximum absolute atomic E-state index is 12.7. The molecule has 0 radical (unpaired) electrons. The molecule has 0 spiro atoms. The first kappa shape index (κ1) is 15.1. The molecule has 1 heterocycles. The van der Waals surface area contributed by atoms with Crippen LogP contribution in [0.15, 0.2) is 18.2 Å². The zero-order valence-corrected chi connectivity index (χ0v) is 10.9. The number of ether oxygens (including phenoxy) is 1. The minimum atomic E-state index is -4.55. The summed E-state index contributed by atoms with van der Waals surface area (Å²) in [5.74, 6) is -0.637. The van der Waals surface area contributed by atoms with E-state index < -0.39 is 23.8 Å². The fourth-order valence-electron chi connectivity index (χ4n) is 2.00. The molecule has 8 heteroatoms. The Morgan fingerprint density at radius 2 is 2.19 bits per heavy atom. The molecule has 1 aliphatic rings. The van der Waals surface area contributed by atoms with E-state index in [2.05, 4.69) is 0 Å². The molecule has 1 amide bonds. The van der Waals surface area contributed by atoms with Crippen LogP contribution in [0, 0.1) is 11.3 Å². The third kappa shape index (κ3) is 3.25.